The number of thiazole rings is 1. The van der Waals surface area contributed by atoms with Crippen molar-refractivity contribution in [2.24, 2.45) is 0 Å². The van der Waals surface area contributed by atoms with Crippen LogP contribution in [0.1, 0.15) is 31.1 Å². The van der Waals surface area contributed by atoms with Crippen molar-refractivity contribution in [3.8, 4) is 0 Å². The molecule has 0 bridgehead atoms. The zero-order chi connectivity index (χ0) is 17.5. The van der Waals surface area contributed by atoms with E-state index in [1.165, 1.54) is 25.4 Å². The van der Waals surface area contributed by atoms with Gasteiger partial charge in [-0.25, -0.2) is 9.78 Å². The number of nitrogens with one attached hydrogen (secondary N) is 1. The lowest BCUT2D eigenvalue weighted by Gasteiger charge is -2.16. The largest absolute Gasteiger partial charge is 0.468 e. The zero-order valence-electron chi connectivity index (χ0n) is 14.0. The summed E-state index contributed by atoms with van der Waals surface area (Å²) in [6.45, 7) is 4.40. The number of nitrogens with zero attached hydrogens (tertiary/aromatic N) is 2. The second kappa shape index (κ2) is 8.56. The van der Waals surface area contributed by atoms with E-state index in [2.05, 4.69) is 10.3 Å². The third-order valence-electron chi connectivity index (χ3n) is 3.52. The third-order valence-corrected chi connectivity index (χ3v) is 4.44. The minimum Gasteiger partial charge on any atom is -0.468 e. The molecule has 0 aliphatic rings. The van der Waals surface area contributed by atoms with Crippen molar-refractivity contribution < 1.29 is 14.3 Å². The van der Waals surface area contributed by atoms with Crippen molar-refractivity contribution in [3.63, 3.8) is 0 Å². The highest BCUT2D eigenvalue weighted by atomic mass is 32.1. The van der Waals surface area contributed by atoms with Crippen LogP contribution in [0.2, 0.25) is 0 Å². The molecule has 2 aromatic rings. The van der Waals surface area contributed by atoms with Gasteiger partial charge in [0.25, 0.3) is 0 Å². The minimum absolute atomic E-state index is 0.0388. The molecule has 7 heteroatoms. The number of benzene rings is 1. The number of carbonyl (C=O) groups excluding carboxylic acids is 2. The predicted octanol–water partition coefficient (Wildman–Crippen LogP) is 2.52. The number of hydrogen-bond acceptors (Lipinski definition) is 6. The fourth-order valence-electron chi connectivity index (χ4n) is 2.30. The van der Waals surface area contributed by atoms with Gasteiger partial charge in [0, 0.05) is 25.4 Å². The average Bonchev–Trinajstić information content (AvgIpc) is 3.04. The highest BCUT2D eigenvalue weighted by molar-refractivity contribution is 7.14. The number of esters is 1. The van der Waals surface area contributed by atoms with Gasteiger partial charge in [0.05, 0.1) is 12.8 Å². The van der Waals surface area contributed by atoms with Gasteiger partial charge in [-0.2, -0.15) is 0 Å². The first-order chi connectivity index (χ1) is 11.6. The van der Waals surface area contributed by atoms with Gasteiger partial charge in [-0.3, -0.25) is 15.0 Å². The average molecular weight is 347 g/mol. The Morgan fingerprint density at radius 3 is 2.62 bits per heavy atom. The first kappa shape index (κ1) is 18.1. The normalized spacial score (nSPS) is 11.8. The number of ether oxygens (including phenoxy) is 1. The Hall–Kier alpha value is -2.25. The molecule has 1 atom stereocenters. The lowest BCUT2D eigenvalue weighted by atomic mass is 10.1. The summed E-state index contributed by atoms with van der Waals surface area (Å²) in [5.41, 5.74) is 1.61. The first-order valence-electron chi connectivity index (χ1n) is 7.65. The molecule has 0 aliphatic heterocycles. The monoisotopic (exact) mass is 347 g/mol. The molecule has 0 aliphatic carbocycles. The van der Waals surface area contributed by atoms with Gasteiger partial charge in [0.1, 0.15) is 6.04 Å². The third kappa shape index (κ3) is 4.39. The van der Waals surface area contributed by atoms with Gasteiger partial charge in [-0.05, 0) is 12.5 Å². The summed E-state index contributed by atoms with van der Waals surface area (Å²) in [6.07, 6.45) is 0. The summed E-state index contributed by atoms with van der Waals surface area (Å²) in [6, 6.07) is 8.83. The quantitative estimate of drug-likeness (QED) is 0.779. The van der Waals surface area contributed by atoms with Gasteiger partial charge in [-0.15, -0.1) is 11.3 Å². The van der Waals surface area contributed by atoms with Crippen LogP contribution in [0.3, 0.4) is 0 Å². The van der Waals surface area contributed by atoms with E-state index >= 15 is 0 Å². The molecule has 2 rings (SSSR count). The number of rotatable bonds is 7. The summed E-state index contributed by atoms with van der Waals surface area (Å²) in [5.74, 6) is -0.390. The number of amides is 1. The molecule has 1 unspecified atom stereocenters. The Morgan fingerprint density at radius 1 is 1.33 bits per heavy atom. The number of anilines is 1. The van der Waals surface area contributed by atoms with Crippen molar-refractivity contribution in [3.05, 3.63) is 47.0 Å². The molecule has 0 spiro atoms. The highest BCUT2D eigenvalue weighted by Gasteiger charge is 2.21. The Morgan fingerprint density at radius 2 is 2.04 bits per heavy atom. The van der Waals surface area contributed by atoms with Crippen LogP contribution in [0.25, 0.3) is 0 Å². The fourth-order valence-corrected chi connectivity index (χ4v) is 3.23. The van der Waals surface area contributed by atoms with Crippen LogP contribution in [-0.4, -0.2) is 30.5 Å². The maximum atomic E-state index is 12.0. The Balaban J connectivity index is 2.09. The smallest absolute Gasteiger partial charge is 0.327 e. The lowest BCUT2D eigenvalue weighted by Crippen LogP contribution is -2.30. The minimum atomic E-state index is -0.559. The van der Waals surface area contributed by atoms with E-state index in [-0.39, 0.29) is 11.9 Å². The lowest BCUT2D eigenvalue weighted by molar-refractivity contribution is -0.143. The zero-order valence-corrected chi connectivity index (χ0v) is 14.8. The topological polar surface area (TPSA) is 71.5 Å². The van der Waals surface area contributed by atoms with Crippen molar-refractivity contribution in [2.45, 2.75) is 26.4 Å². The van der Waals surface area contributed by atoms with Crippen LogP contribution in [0.4, 0.5) is 5.13 Å². The summed E-state index contributed by atoms with van der Waals surface area (Å²) < 4.78 is 4.88. The second-order valence-electron chi connectivity index (χ2n) is 5.13. The molecule has 1 amide bonds. The summed E-state index contributed by atoms with van der Waals surface area (Å²) in [7, 11) is 1.37. The standard InChI is InChI=1S/C17H21N3O3S/c1-4-20(12(2)21)17-19-14(11-24-17)10-18-15(16(22)23-3)13-8-6-5-7-9-13/h5-9,11,15,18H,4,10H2,1-3H3. The van der Waals surface area contributed by atoms with Crippen LogP contribution in [0.5, 0.6) is 0 Å². The van der Waals surface area contributed by atoms with E-state index in [9.17, 15) is 9.59 Å². The predicted molar refractivity (Wildman–Crippen MR) is 93.9 cm³/mol. The van der Waals surface area contributed by atoms with Gasteiger partial charge in [0.15, 0.2) is 5.13 Å². The number of carbonyl (C=O) groups is 2. The van der Waals surface area contributed by atoms with E-state index in [0.717, 1.165) is 11.3 Å². The molecule has 1 heterocycles. The molecule has 24 heavy (non-hydrogen) atoms. The van der Waals surface area contributed by atoms with Crippen LogP contribution in [0.15, 0.2) is 35.7 Å². The molecule has 0 fully saturated rings. The Labute approximate surface area is 145 Å². The summed E-state index contributed by atoms with van der Waals surface area (Å²) in [4.78, 5) is 29.7. The Bertz CT molecular complexity index is 687. The molecule has 1 aromatic carbocycles. The molecule has 1 aromatic heterocycles. The fraction of sp³-hybridized carbons (Fsp3) is 0.353. The van der Waals surface area contributed by atoms with Gasteiger partial charge in [0.2, 0.25) is 5.91 Å². The van der Waals surface area contributed by atoms with E-state index in [4.69, 9.17) is 4.74 Å². The van der Waals surface area contributed by atoms with Crippen molar-refractivity contribution in [1.82, 2.24) is 10.3 Å². The van der Waals surface area contributed by atoms with Crippen molar-refractivity contribution in [1.29, 1.82) is 0 Å². The maximum Gasteiger partial charge on any atom is 0.327 e. The first-order valence-corrected chi connectivity index (χ1v) is 8.53. The van der Waals surface area contributed by atoms with Crippen LogP contribution >= 0.6 is 11.3 Å². The molecule has 128 valence electrons. The number of aromatic nitrogens is 1. The summed E-state index contributed by atoms with van der Waals surface area (Å²) >= 11 is 1.41. The molecular formula is C17H21N3O3S. The number of hydrogen-bond donors (Lipinski definition) is 1. The molecule has 0 saturated heterocycles. The van der Waals surface area contributed by atoms with E-state index in [0.29, 0.717) is 18.2 Å². The van der Waals surface area contributed by atoms with E-state index in [1.807, 2.05) is 42.6 Å². The SMILES string of the molecule is CCN(C(C)=O)c1nc(CNC(C(=O)OC)c2ccccc2)cs1. The van der Waals surface area contributed by atoms with Gasteiger partial charge < -0.3 is 4.74 Å². The van der Waals surface area contributed by atoms with Crippen LogP contribution < -0.4 is 10.2 Å². The van der Waals surface area contributed by atoms with E-state index < -0.39 is 6.04 Å². The van der Waals surface area contributed by atoms with E-state index in [1.54, 1.807) is 4.90 Å². The highest BCUT2D eigenvalue weighted by Crippen LogP contribution is 2.21. The molecule has 1 N–H and O–H groups in total. The van der Waals surface area contributed by atoms with Crippen LogP contribution in [0, 0.1) is 0 Å². The molecular weight excluding hydrogens is 326 g/mol. The van der Waals surface area contributed by atoms with Crippen molar-refractivity contribution in [2.75, 3.05) is 18.6 Å². The molecule has 6 nitrogen and oxygen atoms in total. The maximum absolute atomic E-state index is 12.0. The Kier molecular flexibility index (Phi) is 6.45. The number of methoxy groups -OCH3 is 1. The second-order valence-corrected chi connectivity index (χ2v) is 5.97. The van der Waals surface area contributed by atoms with Gasteiger partial charge >= 0.3 is 5.97 Å². The van der Waals surface area contributed by atoms with Crippen LogP contribution in [-0.2, 0) is 20.9 Å². The molecule has 0 radical (unpaired) electrons. The van der Waals surface area contributed by atoms with Crippen molar-refractivity contribution >= 4 is 28.3 Å². The summed E-state index contributed by atoms with van der Waals surface area (Å²) in [5, 5.41) is 5.71. The van der Waals surface area contributed by atoms with Gasteiger partial charge in [-0.1, -0.05) is 30.3 Å². The molecule has 0 saturated carbocycles.